The van der Waals surface area contributed by atoms with Gasteiger partial charge in [0, 0.05) is 45.2 Å². The minimum atomic E-state index is -0.0137. The van der Waals surface area contributed by atoms with Gasteiger partial charge < -0.3 is 20.3 Å². The van der Waals surface area contributed by atoms with Crippen molar-refractivity contribution in [3.05, 3.63) is 22.4 Å². The van der Waals surface area contributed by atoms with Crippen molar-refractivity contribution in [3.8, 4) is 0 Å². The maximum absolute atomic E-state index is 11.8. The van der Waals surface area contributed by atoms with E-state index in [0.29, 0.717) is 5.96 Å². The molecule has 1 atom stereocenters. The predicted molar refractivity (Wildman–Crippen MR) is 118 cm³/mol. The number of carbonyl (C=O) groups is 1. The number of morpholine rings is 1. The first-order valence-electron chi connectivity index (χ1n) is 8.69. The lowest BCUT2D eigenvalue weighted by Crippen LogP contribution is -2.46. The molecule has 2 N–H and O–H groups in total. The Bertz CT molecular complexity index is 547. The number of aliphatic imine (C=N–C) groups is 1. The average Bonchev–Trinajstić information content (AvgIpc) is 3.14. The Morgan fingerprint density at radius 1 is 1.38 bits per heavy atom. The van der Waals surface area contributed by atoms with E-state index in [1.807, 2.05) is 6.92 Å². The van der Waals surface area contributed by atoms with Gasteiger partial charge in [-0.3, -0.25) is 9.69 Å². The second-order valence-corrected chi connectivity index (χ2v) is 7.02. The molecule has 0 bridgehead atoms. The molecular weight excluding hydrogens is 465 g/mol. The Balaban J connectivity index is 0.00000338. The van der Waals surface area contributed by atoms with Crippen molar-refractivity contribution in [3.63, 3.8) is 0 Å². The Labute approximate surface area is 177 Å². The van der Waals surface area contributed by atoms with Gasteiger partial charge in [0.1, 0.15) is 6.54 Å². The summed E-state index contributed by atoms with van der Waals surface area (Å²) in [4.78, 5) is 21.5. The number of guanidine groups is 1. The number of nitrogens with one attached hydrogen (secondary N) is 2. The highest BCUT2D eigenvalue weighted by Gasteiger charge is 2.23. The molecule has 26 heavy (non-hydrogen) atoms. The highest BCUT2D eigenvalue weighted by Crippen LogP contribution is 2.25. The third-order valence-corrected chi connectivity index (χ3v) is 5.01. The van der Waals surface area contributed by atoms with Gasteiger partial charge in [-0.2, -0.15) is 0 Å². The van der Waals surface area contributed by atoms with E-state index in [4.69, 9.17) is 4.74 Å². The molecule has 2 heterocycles. The quantitative estimate of drug-likeness (QED) is 0.340. The Hall–Kier alpha value is -0.910. The standard InChI is InChI=1S/C17H29N5O2S.HI/c1-4-18-17(20-13-16(23)21(2)3)19-12-14(15-6-5-11-25-15)22-7-9-24-10-8-22;/h5-6,11,14H,4,7-10,12-13H2,1-3H3,(H2,18,19,20);1H. The van der Waals surface area contributed by atoms with E-state index >= 15 is 0 Å². The van der Waals surface area contributed by atoms with Crippen LogP contribution in [0.1, 0.15) is 17.8 Å². The number of hydrogen-bond donors (Lipinski definition) is 2. The zero-order valence-corrected chi connectivity index (χ0v) is 18.9. The van der Waals surface area contributed by atoms with Crippen molar-refractivity contribution >= 4 is 47.2 Å². The lowest BCUT2D eigenvalue weighted by molar-refractivity contribution is -0.127. The molecule has 0 saturated carbocycles. The normalized spacial score (nSPS) is 16.5. The Morgan fingerprint density at radius 3 is 2.69 bits per heavy atom. The van der Waals surface area contributed by atoms with Crippen molar-refractivity contribution in [1.82, 2.24) is 20.4 Å². The number of thiophene rings is 1. The van der Waals surface area contributed by atoms with E-state index in [0.717, 1.165) is 39.4 Å². The van der Waals surface area contributed by atoms with Gasteiger partial charge in [-0.1, -0.05) is 6.07 Å². The summed E-state index contributed by atoms with van der Waals surface area (Å²) in [7, 11) is 3.48. The summed E-state index contributed by atoms with van der Waals surface area (Å²) in [5.74, 6) is 0.660. The number of halogens is 1. The first kappa shape index (κ1) is 23.1. The third-order valence-electron chi connectivity index (χ3n) is 4.04. The summed E-state index contributed by atoms with van der Waals surface area (Å²) >= 11 is 1.77. The molecule has 1 aromatic rings. The monoisotopic (exact) mass is 495 g/mol. The van der Waals surface area contributed by atoms with Crippen LogP contribution in [0.15, 0.2) is 22.5 Å². The fourth-order valence-electron chi connectivity index (χ4n) is 2.60. The molecule has 1 fully saturated rings. The highest BCUT2D eigenvalue weighted by molar-refractivity contribution is 14.0. The lowest BCUT2D eigenvalue weighted by Gasteiger charge is -2.34. The maximum atomic E-state index is 11.8. The van der Waals surface area contributed by atoms with Gasteiger partial charge in [0.05, 0.1) is 19.3 Å². The molecule has 1 aliphatic rings. The van der Waals surface area contributed by atoms with Crippen LogP contribution in [0, 0.1) is 0 Å². The van der Waals surface area contributed by atoms with Gasteiger partial charge in [0.25, 0.3) is 0 Å². The number of ether oxygens (including phenoxy) is 1. The molecule has 1 aromatic heterocycles. The van der Waals surface area contributed by atoms with Crippen molar-refractivity contribution in [1.29, 1.82) is 0 Å². The fourth-order valence-corrected chi connectivity index (χ4v) is 3.46. The average molecular weight is 495 g/mol. The maximum Gasteiger partial charge on any atom is 0.243 e. The number of hydrogen-bond acceptors (Lipinski definition) is 5. The smallest absolute Gasteiger partial charge is 0.243 e. The van der Waals surface area contributed by atoms with Crippen molar-refractivity contribution in [2.75, 3.05) is 60.0 Å². The predicted octanol–water partition coefficient (Wildman–Crippen LogP) is 1.38. The molecule has 7 nitrogen and oxygen atoms in total. The van der Waals surface area contributed by atoms with E-state index in [-0.39, 0.29) is 42.5 Å². The summed E-state index contributed by atoms with van der Waals surface area (Å²) < 4.78 is 5.48. The van der Waals surface area contributed by atoms with Gasteiger partial charge in [-0.05, 0) is 18.4 Å². The number of rotatable bonds is 7. The van der Waals surface area contributed by atoms with E-state index in [1.54, 1.807) is 30.3 Å². The summed E-state index contributed by atoms with van der Waals surface area (Å²) in [5.41, 5.74) is 0. The van der Waals surface area contributed by atoms with Crippen LogP contribution in [0.25, 0.3) is 0 Å². The second-order valence-electron chi connectivity index (χ2n) is 6.04. The van der Waals surface area contributed by atoms with Crippen LogP contribution >= 0.6 is 35.3 Å². The molecule has 0 radical (unpaired) electrons. The third kappa shape index (κ3) is 7.37. The summed E-state index contributed by atoms with van der Waals surface area (Å²) in [6.07, 6.45) is 0. The molecule has 1 saturated heterocycles. The first-order chi connectivity index (χ1) is 12.1. The van der Waals surface area contributed by atoms with Crippen LogP contribution in [0.5, 0.6) is 0 Å². The molecule has 2 rings (SSSR count). The lowest BCUT2D eigenvalue weighted by atomic mass is 10.2. The van der Waals surface area contributed by atoms with Crippen molar-refractivity contribution in [2.24, 2.45) is 4.99 Å². The van der Waals surface area contributed by atoms with Gasteiger partial charge in [0.15, 0.2) is 5.96 Å². The zero-order chi connectivity index (χ0) is 18.1. The number of carbonyl (C=O) groups excluding carboxylic acids is 1. The summed E-state index contributed by atoms with van der Waals surface area (Å²) in [6, 6.07) is 4.53. The molecule has 0 aromatic carbocycles. The van der Waals surface area contributed by atoms with Crippen LogP contribution in [-0.2, 0) is 9.53 Å². The van der Waals surface area contributed by atoms with Crippen LogP contribution in [0.3, 0.4) is 0 Å². The van der Waals surface area contributed by atoms with E-state index < -0.39 is 0 Å². The molecule has 0 aliphatic carbocycles. The number of nitrogens with zero attached hydrogens (tertiary/aromatic N) is 3. The minimum Gasteiger partial charge on any atom is -0.379 e. The van der Waals surface area contributed by atoms with Gasteiger partial charge in [0.2, 0.25) is 5.91 Å². The van der Waals surface area contributed by atoms with E-state index in [9.17, 15) is 4.79 Å². The fraction of sp³-hybridized carbons (Fsp3) is 0.647. The Kier molecular flexibility index (Phi) is 11.1. The van der Waals surface area contributed by atoms with Crippen molar-refractivity contribution in [2.45, 2.75) is 13.0 Å². The molecule has 9 heteroatoms. The Morgan fingerprint density at radius 2 is 2.12 bits per heavy atom. The molecule has 1 unspecified atom stereocenters. The molecule has 0 spiro atoms. The van der Waals surface area contributed by atoms with Gasteiger partial charge >= 0.3 is 0 Å². The number of amides is 1. The first-order valence-corrected chi connectivity index (χ1v) is 9.57. The summed E-state index contributed by atoms with van der Waals surface area (Å²) in [6.45, 7) is 7.05. The van der Waals surface area contributed by atoms with Crippen LogP contribution in [0.2, 0.25) is 0 Å². The second kappa shape index (κ2) is 12.5. The van der Waals surface area contributed by atoms with E-state index in [2.05, 4.69) is 38.0 Å². The molecule has 1 aliphatic heterocycles. The largest absolute Gasteiger partial charge is 0.379 e. The molecular formula is C17H30IN5O2S. The molecule has 148 valence electrons. The van der Waals surface area contributed by atoms with Crippen LogP contribution in [-0.4, -0.2) is 81.7 Å². The van der Waals surface area contributed by atoms with Crippen LogP contribution < -0.4 is 10.6 Å². The highest BCUT2D eigenvalue weighted by atomic mass is 127. The van der Waals surface area contributed by atoms with Crippen molar-refractivity contribution < 1.29 is 9.53 Å². The van der Waals surface area contributed by atoms with E-state index in [1.165, 1.54) is 4.88 Å². The van der Waals surface area contributed by atoms with Crippen LogP contribution in [0.4, 0.5) is 0 Å². The number of likely N-dealkylation sites (N-methyl/N-ethyl adjacent to an activating group) is 1. The van der Waals surface area contributed by atoms with Gasteiger partial charge in [-0.25, -0.2) is 4.99 Å². The SMILES string of the molecule is CCNC(=NCC(=O)N(C)C)NCC(c1cccs1)N1CCOCC1.I. The topological polar surface area (TPSA) is 69.2 Å². The van der Waals surface area contributed by atoms with Gasteiger partial charge in [-0.15, -0.1) is 35.3 Å². The zero-order valence-electron chi connectivity index (χ0n) is 15.7. The molecule has 1 amide bonds. The summed E-state index contributed by atoms with van der Waals surface area (Å²) in [5, 5.41) is 8.71. The minimum absolute atomic E-state index is 0.